The maximum absolute atomic E-state index is 13.0. The standard InChI is InChI=1S/C28H25ClN2O6/c1-4-35-28(33)31(24-11-6-5-10-23(24)29)25-18(2)30-37-26(25)20-14-12-19(13-15-20)17-36-22-9-7-8-21(16-22)27(32)34-3/h5-16H,4,17H2,1-3H3. The second-order valence-electron chi connectivity index (χ2n) is 7.94. The first-order valence-electron chi connectivity index (χ1n) is 11.5. The lowest BCUT2D eigenvalue weighted by atomic mass is 10.1. The molecule has 0 aliphatic carbocycles. The lowest BCUT2D eigenvalue weighted by molar-refractivity contribution is 0.0600. The van der Waals surface area contributed by atoms with Gasteiger partial charge in [-0.25, -0.2) is 14.5 Å². The average Bonchev–Trinajstić information content (AvgIpc) is 3.29. The summed E-state index contributed by atoms with van der Waals surface area (Å²) in [7, 11) is 1.33. The SMILES string of the molecule is CCOC(=O)N(c1ccccc1Cl)c1c(C)noc1-c1ccc(COc2cccc(C(=O)OC)c2)cc1. The lowest BCUT2D eigenvalue weighted by Gasteiger charge is -2.23. The molecule has 37 heavy (non-hydrogen) atoms. The molecule has 4 rings (SSSR count). The second-order valence-corrected chi connectivity index (χ2v) is 8.34. The number of benzene rings is 3. The predicted molar refractivity (Wildman–Crippen MR) is 139 cm³/mol. The van der Waals surface area contributed by atoms with Gasteiger partial charge in [-0.1, -0.05) is 59.2 Å². The van der Waals surface area contributed by atoms with E-state index in [-0.39, 0.29) is 13.2 Å². The molecule has 0 saturated carbocycles. The Morgan fingerprint density at radius 2 is 1.78 bits per heavy atom. The molecule has 4 aromatic rings. The predicted octanol–water partition coefficient (Wildman–Crippen LogP) is 6.96. The van der Waals surface area contributed by atoms with Gasteiger partial charge in [0.15, 0.2) is 5.76 Å². The highest BCUT2D eigenvalue weighted by atomic mass is 35.5. The van der Waals surface area contributed by atoms with Gasteiger partial charge in [0, 0.05) is 5.56 Å². The largest absolute Gasteiger partial charge is 0.489 e. The fourth-order valence-electron chi connectivity index (χ4n) is 3.70. The normalized spacial score (nSPS) is 10.6. The number of esters is 1. The molecule has 0 spiro atoms. The number of carbonyl (C=O) groups excluding carboxylic acids is 2. The molecule has 8 nitrogen and oxygen atoms in total. The number of ether oxygens (including phenoxy) is 3. The molecular weight excluding hydrogens is 496 g/mol. The van der Waals surface area contributed by atoms with E-state index in [0.29, 0.717) is 44.7 Å². The fraction of sp³-hybridized carbons (Fsp3) is 0.179. The van der Waals surface area contributed by atoms with Crippen LogP contribution >= 0.6 is 11.6 Å². The van der Waals surface area contributed by atoms with E-state index >= 15 is 0 Å². The highest BCUT2D eigenvalue weighted by Gasteiger charge is 2.29. The zero-order valence-corrected chi connectivity index (χ0v) is 21.3. The summed E-state index contributed by atoms with van der Waals surface area (Å²) >= 11 is 6.43. The monoisotopic (exact) mass is 520 g/mol. The van der Waals surface area contributed by atoms with Crippen molar-refractivity contribution in [3.63, 3.8) is 0 Å². The Morgan fingerprint density at radius 1 is 1.03 bits per heavy atom. The van der Waals surface area contributed by atoms with Gasteiger partial charge < -0.3 is 18.7 Å². The van der Waals surface area contributed by atoms with Crippen LogP contribution in [-0.4, -0.2) is 30.9 Å². The van der Waals surface area contributed by atoms with Crippen LogP contribution in [0, 0.1) is 6.92 Å². The van der Waals surface area contributed by atoms with Gasteiger partial charge in [0.1, 0.15) is 23.7 Å². The number of methoxy groups -OCH3 is 1. The summed E-state index contributed by atoms with van der Waals surface area (Å²) in [6, 6.07) is 21.2. The molecule has 0 N–H and O–H groups in total. The molecule has 190 valence electrons. The smallest absolute Gasteiger partial charge is 0.419 e. The van der Waals surface area contributed by atoms with Crippen LogP contribution in [0.15, 0.2) is 77.3 Å². The van der Waals surface area contributed by atoms with E-state index in [1.54, 1.807) is 62.4 Å². The number of aromatic nitrogens is 1. The van der Waals surface area contributed by atoms with Crippen LogP contribution in [0.1, 0.15) is 28.5 Å². The third-order valence-corrected chi connectivity index (χ3v) is 5.80. The highest BCUT2D eigenvalue weighted by molar-refractivity contribution is 6.34. The van der Waals surface area contributed by atoms with Crippen LogP contribution in [0.5, 0.6) is 5.75 Å². The molecule has 0 radical (unpaired) electrons. The fourth-order valence-corrected chi connectivity index (χ4v) is 3.92. The summed E-state index contributed by atoms with van der Waals surface area (Å²) in [6.07, 6.45) is -0.595. The molecule has 0 aliphatic heterocycles. The van der Waals surface area contributed by atoms with Crippen LogP contribution in [-0.2, 0) is 16.1 Å². The number of carbonyl (C=O) groups is 2. The number of hydrogen-bond donors (Lipinski definition) is 0. The number of nitrogens with zero attached hydrogens (tertiary/aromatic N) is 2. The number of halogens is 1. The molecule has 9 heteroatoms. The van der Waals surface area contributed by atoms with Crippen molar-refractivity contribution in [3.05, 3.63) is 94.6 Å². The minimum atomic E-state index is -0.595. The Balaban J connectivity index is 1.60. The Morgan fingerprint density at radius 3 is 2.49 bits per heavy atom. The summed E-state index contributed by atoms with van der Waals surface area (Å²) in [6.45, 7) is 3.95. The number of rotatable bonds is 8. The number of para-hydroxylation sites is 1. The maximum Gasteiger partial charge on any atom is 0.419 e. The van der Waals surface area contributed by atoms with Gasteiger partial charge in [-0.05, 0) is 49.7 Å². The van der Waals surface area contributed by atoms with Crippen LogP contribution in [0.2, 0.25) is 5.02 Å². The van der Waals surface area contributed by atoms with Gasteiger partial charge in [0.2, 0.25) is 0 Å². The molecule has 1 amide bonds. The Bertz CT molecular complexity index is 1400. The van der Waals surface area contributed by atoms with E-state index < -0.39 is 12.1 Å². The van der Waals surface area contributed by atoms with Crippen LogP contribution in [0.3, 0.4) is 0 Å². The van der Waals surface area contributed by atoms with E-state index in [1.807, 2.05) is 24.3 Å². The summed E-state index contributed by atoms with van der Waals surface area (Å²) in [4.78, 5) is 26.1. The molecule has 0 aliphatic rings. The molecule has 1 heterocycles. The minimum absolute atomic E-state index is 0.191. The van der Waals surface area contributed by atoms with Crippen molar-refractivity contribution in [1.82, 2.24) is 5.16 Å². The Kier molecular flexibility index (Phi) is 8.10. The maximum atomic E-state index is 13.0. The summed E-state index contributed by atoms with van der Waals surface area (Å²) < 4.78 is 21.6. The highest BCUT2D eigenvalue weighted by Crippen LogP contribution is 2.41. The van der Waals surface area contributed by atoms with Gasteiger partial charge >= 0.3 is 12.1 Å². The number of amides is 1. The van der Waals surface area contributed by atoms with Crippen molar-refractivity contribution in [2.45, 2.75) is 20.5 Å². The minimum Gasteiger partial charge on any atom is -0.489 e. The van der Waals surface area contributed by atoms with Crippen LogP contribution in [0.25, 0.3) is 11.3 Å². The third kappa shape index (κ3) is 5.76. The zero-order valence-electron chi connectivity index (χ0n) is 20.6. The van der Waals surface area contributed by atoms with Crippen molar-refractivity contribution >= 4 is 35.0 Å². The van der Waals surface area contributed by atoms with Crippen molar-refractivity contribution in [2.75, 3.05) is 18.6 Å². The average molecular weight is 521 g/mol. The van der Waals surface area contributed by atoms with Gasteiger partial charge in [0.05, 0.1) is 30.0 Å². The lowest BCUT2D eigenvalue weighted by Crippen LogP contribution is -2.27. The summed E-state index contributed by atoms with van der Waals surface area (Å²) in [5.74, 6) is 0.510. The second kappa shape index (κ2) is 11.6. The van der Waals surface area contributed by atoms with E-state index in [9.17, 15) is 9.59 Å². The topological polar surface area (TPSA) is 91.1 Å². The molecule has 0 atom stereocenters. The molecular formula is C28H25ClN2O6. The molecule has 3 aromatic carbocycles. The first-order chi connectivity index (χ1) is 17.9. The summed E-state index contributed by atoms with van der Waals surface area (Å²) in [5, 5.41) is 4.49. The quantitative estimate of drug-likeness (QED) is 0.232. The van der Waals surface area contributed by atoms with Gasteiger partial charge in [-0.15, -0.1) is 0 Å². The van der Waals surface area contributed by atoms with E-state index in [1.165, 1.54) is 12.0 Å². The van der Waals surface area contributed by atoms with Gasteiger partial charge in [-0.3, -0.25) is 0 Å². The Hall–Kier alpha value is -4.30. The van der Waals surface area contributed by atoms with Crippen LogP contribution < -0.4 is 9.64 Å². The summed E-state index contributed by atoms with van der Waals surface area (Å²) in [5.41, 5.74) is 3.39. The molecule has 0 unspecified atom stereocenters. The van der Waals surface area contributed by atoms with Crippen molar-refractivity contribution in [2.24, 2.45) is 0 Å². The van der Waals surface area contributed by atoms with Crippen molar-refractivity contribution in [1.29, 1.82) is 0 Å². The first-order valence-corrected chi connectivity index (χ1v) is 11.9. The Labute approximate surface area is 219 Å². The third-order valence-electron chi connectivity index (χ3n) is 5.48. The number of hydrogen-bond acceptors (Lipinski definition) is 7. The zero-order chi connectivity index (χ0) is 26.4. The first kappa shape index (κ1) is 25.8. The molecule has 0 saturated heterocycles. The molecule has 0 fully saturated rings. The van der Waals surface area contributed by atoms with Crippen LogP contribution in [0.4, 0.5) is 16.2 Å². The number of aryl methyl sites for hydroxylation is 1. The van der Waals surface area contributed by atoms with Gasteiger partial charge in [-0.2, -0.15) is 0 Å². The van der Waals surface area contributed by atoms with E-state index in [4.69, 9.17) is 30.3 Å². The molecule has 0 bridgehead atoms. The number of anilines is 2. The molecule has 1 aromatic heterocycles. The van der Waals surface area contributed by atoms with Crippen molar-refractivity contribution < 1.29 is 28.3 Å². The van der Waals surface area contributed by atoms with E-state index in [0.717, 1.165) is 5.56 Å². The van der Waals surface area contributed by atoms with E-state index in [2.05, 4.69) is 5.16 Å². The van der Waals surface area contributed by atoms with Gasteiger partial charge in [0.25, 0.3) is 0 Å². The van der Waals surface area contributed by atoms with Crippen molar-refractivity contribution in [3.8, 4) is 17.1 Å².